The average Bonchev–Trinajstić information content (AvgIpc) is 3.88. The van der Waals surface area contributed by atoms with Crippen LogP contribution in [-0.4, -0.2) is 13.2 Å². The number of benzene rings is 3. The van der Waals surface area contributed by atoms with Crippen LogP contribution in [-0.2, 0) is 4.57 Å². The van der Waals surface area contributed by atoms with Gasteiger partial charge in [0.05, 0.1) is 7.11 Å². The minimum atomic E-state index is -3.03. The SMILES string of the molecule is C=C(CC1([C@@H](NP(=O)(c2ccccc2)c2ccccc2)[C@@H]2C[C@@H]2CCCC)CC1)c1ccc(OC)cc1. The molecule has 1 N–H and O–H groups in total. The molecule has 0 heterocycles. The first-order valence-corrected chi connectivity index (χ1v) is 15.5. The molecular formula is C33H40NO2P. The van der Waals surface area contributed by atoms with E-state index in [0.29, 0.717) is 5.92 Å². The van der Waals surface area contributed by atoms with E-state index >= 15 is 4.57 Å². The molecule has 0 aromatic heterocycles. The van der Waals surface area contributed by atoms with Crippen molar-refractivity contribution in [3.05, 3.63) is 97.1 Å². The Hall–Kier alpha value is -2.61. The number of ether oxygens (including phenoxy) is 1. The minimum Gasteiger partial charge on any atom is -0.497 e. The molecule has 2 saturated carbocycles. The Morgan fingerprint density at radius 1 is 1.00 bits per heavy atom. The van der Waals surface area contributed by atoms with E-state index in [1.807, 2.05) is 72.8 Å². The molecule has 0 bridgehead atoms. The molecule has 0 aliphatic heterocycles. The van der Waals surface area contributed by atoms with Crippen LogP contribution in [0.4, 0.5) is 0 Å². The monoisotopic (exact) mass is 513 g/mol. The number of nitrogens with one attached hydrogen (secondary N) is 1. The lowest BCUT2D eigenvalue weighted by Gasteiger charge is -2.34. The van der Waals surface area contributed by atoms with Crippen molar-refractivity contribution in [1.29, 1.82) is 0 Å². The highest BCUT2D eigenvalue weighted by atomic mass is 31.2. The van der Waals surface area contributed by atoms with Crippen LogP contribution in [0.1, 0.15) is 57.4 Å². The lowest BCUT2D eigenvalue weighted by atomic mass is 9.84. The number of allylic oxidation sites excluding steroid dienone is 1. The fraction of sp³-hybridized carbons (Fsp3) is 0.394. The van der Waals surface area contributed by atoms with E-state index < -0.39 is 7.29 Å². The largest absolute Gasteiger partial charge is 0.497 e. The number of hydrogen-bond acceptors (Lipinski definition) is 2. The van der Waals surface area contributed by atoms with E-state index in [9.17, 15) is 0 Å². The van der Waals surface area contributed by atoms with Crippen molar-refractivity contribution in [2.45, 2.75) is 57.9 Å². The summed E-state index contributed by atoms with van der Waals surface area (Å²) in [6.45, 7) is 6.78. The number of rotatable bonds is 13. The molecule has 37 heavy (non-hydrogen) atoms. The molecule has 3 atom stereocenters. The summed E-state index contributed by atoms with van der Waals surface area (Å²) in [5.74, 6) is 2.16. The Labute approximate surface area is 222 Å². The van der Waals surface area contributed by atoms with Crippen molar-refractivity contribution in [3.63, 3.8) is 0 Å². The van der Waals surface area contributed by atoms with Gasteiger partial charge < -0.3 is 4.74 Å². The molecule has 2 fully saturated rings. The lowest BCUT2D eigenvalue weighted by Crippen LogP contribution is -2.43. The smallest absolute Gasteiger partial charge is 0.204 e. The number of hydrogen-bond donors (Lipinski definition) is 1. The van der Waals surface area contributed by atoms with Crippen LogP contribution >= 0.6 is 7.29 Å². The van der Waals surface area contributed by atoms with Gasteiger partial charge in [-0.15, -0.1) is 0 Å². The Balaban J connectivity index is 1.46. The molecule has 0 unspecified atom stereocenters. The molecule has 3 aromatic rings. The van der Waals surface area contributed by atoms with Gasteiger partial charge in [-0.25, -0.2) is 0 Å². The molecule has 4 heteroatoms. The molecule has 0 saturated heterocycles. The van der Waals surface area contributed by atoms with Crippen LogP contribution in [0.2, 0.25) is 0 Å². The molecule has 5 rings (SSSR count). The maximum absolute atomic E-state index is 15.0. The molecule has 0 spiro atoms. The predicted octanol–water partition coefficient (Wildman–Crippen LogP) is 7.59. The standard InChI is InChI=1S/C33H40NO2P/c1-4-5-12-27-23-31(27)32(33(21-22-33)24-25(2)26-17-19-28(36-3)20-18-26)34-37(35,29-13-8-6-9-14-29)30-15-10-7-11-16-30/h6-11,13-20,27,31-32H,2,4-5,12,21-24H2,1,3H3,(H,34,35)/t27-,31+,32-/m0/s1. The van der Waals surface area contributed by atoms with Crippen LogP contribution < -0.4 is 20.4 Å². The van der Waals surface area contributed by atoms with Gasteiger partial charge in [0.2, 0.25) is 7.29 Å². The first-order valence-electron chi connectivity index (χ1n) is 13.8. The molecule has 3 aromatic carbocycles. The Bertz CT molecular complexity index is 1190. The molecule has 0 radical (unpaired) electrons. The zero-order valence-corrected chi connectivity index (χ0v) is 23.1. The van der Waals surface area contributed by atoms with Gasteiger partial charge in [-0.1, -0.05) is 81.3 Å². The quantitative estimate of drug-likeness (QED) is 0.239. The average molecular weight is 514 g/mol. The highest BCUT2D eigenvalue weighted by molar-refractivity contribution is 7.76. The van der Waals surface area contributed by atoms with E-state index in [1.54, 1.807) is 7.11 Å². The van der Waals surface area contributed by atoms with Gasteiger partial charge in [0.25, 0.3) is 0 Å². The number of unbranched alkanes of at least 4 members (excludes halogenated alkanes) is 1. The van der Waals surface area contributed by atoms with E-state index in [4.69, 9.17) is 4.74 Å². The van der Waals surface area contributed by atoms with Gasteiger partial charge in [-0.2, -0.15) is 0 Å². The lowest BCUT2D eigenvalue weighted by molar-refractivity contribution is 0.327. The predicted molar refractivity (Wildman–Crippen MR) is 156 cm³/mol. The summed E-state index contributed by atoms with van der Waals surface area (Å²) in [5.41, 5.74) is 2.42. The van der Waals surface area contributed by atoms with Gasteiger partial charge in [-0.3, -0.25) is 9.65 Å². The van der Waals surface area contributed by atoms with Crippen LogP contribution in [0.15, 0.2) is 91.5 Å². The first kappa shape index (κ1) is 26.0. The highest BCUT2D eigenvalue weighted by Gasteiger charge is 2.58. The van der Waals surface area contributed by atoms with Crippen molar-refractivity contribution in [3.8, 4) is 5.75 Å². The molecule has 3 nitrogen and oxygen atoms in total. The van der Waals surface area contributed by atoms with Crippen LogP contribution in [0.5, 0.6) is 5.75 Å². The van der Waals surface area contributed by atoms with Crippen LogP contribution in [0.25, 0.3) is 5.57 Å². The third-order valence-electron chi connectivity index (χ3n) is 8.51. The number of methoxy groups -OCH3 is 1. The maximum atomic E-state index is 15.0. The molecule has 2 aliphatic carbocycles. The van der Waals surface area contributed by atoms with Crippen molar-refractivity contribution in [2.75, 3.05) is 7.11 Å². The highest BCUT2D eigenvalue weighted by Crippen LogP contribution is 2.63. The van der Waals surface area contributed by atoms with Crippen molar-refractivity contribution >= 4 is 23.5 Å². The van der Waals surface area contributed by atoms with Crippen molar-refractivity contribution in [1.82, 2.24) is 5.09 Å². The summed E-state index contributed by atoms with van der Waals surface area (Å²) in [5, 5.41) is 5.68. The topological polar surface area (TPSA) is 38.3 Å². The van der Waals surface area contributed by atoms with E-state index in [1.165, 1.54) is 31.2 Å². The summed E-state index contributed by atoms with van der Waals surface area (Å²) in [4.78, 5) is 0. The van der Waals surface area contributed by atoms with Crippen LogP contribution in [0.3, 0.4) is 0 Å². The first-order chi connectivity index (χ1) is 18.0. The summed E-state index contributed by atoms with van der Waals surface area (Å²) in [7, 11) is -1.33. The Morgan fingerprint density at radius 3 is 2.11 bits per heavy atom. The van der Waals surface area contributed by atoms with Crippen molar-refractivity contribution in [2.24, 2.45) is 17.3 Å². The Morgan fingerprint density at radius 2 is 1.59 bits per heavy atom. The van der Waals surface area contributed by atoms with E-state index in [2.05, 4.69) is 30.7 Å². The maximum Gasteiger partial charge on any atom is 0.204 e. The normalized spacial score (nSPS) is 20.7. The van der Waals surface area contributed by atoms with Crippen LogP contribution in [0, 0.1) is 17.3 Å². The second-order valence-corrected chi connectivity index (χ2v) is 13.6. The van der Waals surface area contributed by atoms with Gasteiger partial charge in [0, 0.05) is 16.7 Å². The van der Waals surface area contributed by atoms with Gasteiger partial charge in [-0.05, 0) is 90.5 Å². The zero-order valence-electron chi connectivity index (χ0n) is 22.2. The second kappa shape index (κ2) is 11.0. The summed E-state index contributed by atoms with van der Waals surface area (Å²) < 4.78 is 20.4. The Kier molecular flexibility index (Phi) is 7.75. The molecule has 0 amide bonds. The summed E-state index contributed by atoms with van der Waals surface area (Å²) >= 11 is 0. The summed E-state index contributed by atoms with van der Waals surface area (Å²) in [6, 6.07) is 28.5. The zero-order chi connectivity index (χ0) is 25.9. The van der Waals surface area contributed by atoms with Gasteiger partial charge in [0.1, 0.15) is 5.75 Å². The third kappa shape index (κ3) is 5.64. The summed E-state index contributed by atoms with van der Waals surface area (Å²) in [6.07, 6.45) is 8.24. The van der Waals surface area contributed by atoms with E-state index in [0.717, 1.165) is 47.1 Å². The third-order valence-corrected chi connectivity index (χ3v) is 11.2. The molecule has 194 valence electrons. The molecule has 2 aliphatic rings. The minimum absolute atomic E-state index is 0.0991. The molecular weight excluding hydrogens is 473 g/mol. The fourth-order valence-corrected chi connectivity index (χ4v) is 8.68. The van der Waals surface area contributed by atoms with Gasteiger partial charge in [0.15, 0.2) is 0 Å². The van der Waals surface area contributed by atoms with E-state index in [-0.39, 0.29) is 11.5 Å². The second-order valence-electron chi connectivity index (χ2n) is 11.1. The fourth-order valence-electron chi connectivity index (χ4n) is 6.05. The van der Waals surface area contributed by atoms with Gasteiger partial charge >= 0.3 is 0 Å². The van der Waals surface area contributed by atoms with Crippen molar-refractivity contribution < 1.29 is 9.30 Å².